The van der Waals surface area contributed by atoms with E-state index in [4.69, 9.17) is 10.3 Å². The number of benzene rings is 1. The summed E-state index contributed by atoms with van der Waals surface area (Å²) in [7, 11) is 0. The lowest BCUT2D eigenvalue weighted by molar-refractivity contribution is 0.242. The number of ether oxygens (including phenoxy) is 1. The van der Waals surface area contributed by atoms with E-state index in [0.717, 1.165) is 11.3 Å². The van der Waals surface area contributed by atoms with Crippen LogP contribution in [0.1, 0.15) is 25.8 Å². The third-order valence-corrected chi connectivity index (χ3v) is 1.86. The van der Waals surface area contributed by atoms with Gasteiger partial charge in [0, 0.05) is 23.4 Å². The second kappa shape index (κ2) is 7.21. The first-order valence-corrected chi connectivity index (χ1v) is 5.49. The molecule has 0 fully saturated rings. The zero-order chi connectivity index (χ0) is 12.5. The summed E-state index contributed by atoms with van der Waals surface area (Å²) < 4.78 is 5.52. The van der Waals surface area contributed by atoms with Crippen molar-refractivity contribution in [3.05, 3.63) is 40.3 Å². The van der Waals surface area contributed by atoms with Crippen molar-refractivity contribution in [2.24, 2.45) is 5.11 Å². The maximum absolute atomic E-state index is 8.08. The number of nitrogens with zero attached hydrogens (tertiary/aromatic N) is 3. The van der Waals surface area contributed by atoms with Gasteiger partial charge in [-0.2, -0.15) is 0 Å². The maximum Gasteiger partial charge on any atom is 0.119 e. The summed E-state index contributed by atoms with van der Waals surface area (Å²) in [6, 6.07) is 7.63. The van der Waals surface area contributed by atoms with Gasteiger partial charge in [-0.25, -0.2) is 0 Å². The highest BCUT2D eigenvalue weighted by atomic mass is 16.5. The Bertz CT molecular complexity index is 448. The molecule has 4 nitrogen and oxygen atoms in total. The Balaban J connectivity index is 2.52. The summed E-state index contributed by atoms with van der Waals surface area (Å²) in [6.07, 6.45) is 0.754. The topological polar surface area (TPSA) is 58.0 Å². The van der Waals surface area contributed by atoms with Crippen molar-refractivity contribution in [3.8, 4) is 17.6 Å². The smallest absolute Gasteiger partial charge is 0.119 e. The minimum Gasteiger partial charge on any atom is -0.491 e. The molecule has 0 unspecified atom stereocenters. The standard InChI is InChI=1S/C13H15N3O/c1-11(2)17-13-8-6-12(7-9-13)5-3-4-10-15-16-14/h6-9,11H,4,10H2,1-2H3. The van der Waals surface area contributed by atoms with Gasteiger partial charge >= 0.3 is 0 Å². The molecule has 0 spiro atoms. The van der Waals surface area contributed by atoms with Crippen LogP contribution >= 0.6 is 0 Å². The van der Waals surface area contributed by atoms with Gasteiger partial charge in [0.05, 0.1) is 6.10 Å². The summed E-state index contributed by atoms with van der Waals surface area (Å²) >= 11 is 0. The molecule has 0 heterocycles. The van der Waals surface area contributed by atoms with Crippen LogP contribution in [-0.4, -0.2) is 12.6 Å². The summed E-state index contributed by atoms with van der Waals surface area (Å²) in [6.45, 7) is 4.39. The predicted octanol–water partition coefficient (Wildman–Crippen LogP) is 3.53. The van der Waals surface area contributed by atoms with Gasteiger partial charge in [0.25, 0.3) is 0 Å². The summed E-state index contributed by atoms with van der Waals surface area (Å²) in [5.74, 6) is 6.78. The number of rotatable bonds is 4. The highest BCUT2D eigenvalue weighted by Gasteiger charge is 1.96. The van der Waals surface area contributed by atoms with Crippen molar-refractivity contribution >= 4 is 0 Å². The van der Waals surface area contributed by atoms with E-state index < -0.39 is 0 Å². The average molecular weight is 229 g/mol. The molecule has 0 atom stereocenters. The van der Waals surface area contributed by atoms with Gasteiger partial charge < -0.3 is 4.74 Å². The van der Waals surface area contributed by atoms with E-state index in [1.165, 1.54) is 0 Å². The van der Waals surface area contributed by atoms with Crippen LogP contribution in [-0.2, 0) is 0 Å². The maximum atomic E-state index is 8.08. The largest absolute Gasteiger partial charge is 0.491 e. The Morgan fingerprint density at radius 3 is 2.65 bits per heavy atom. The van der Waals surface area contributed by atoms with Gasteiger partial charge in [-0.1, -0.05) is 17.0 Å². The number of hydrogen-bond donors (Lipinski definition) is 0. The second-order valence-electron chi connectivity index (χ2n) is 3.70. The molecule has 0 N–H and O–H groups in total. The van der Waals surface area contributed by atoms with Crippen LogP contribution in [0.15, 0.2) is 29.4 Å². The van der Waals surface area contributed by atoms with Gasteiger partial charge in [-0.05, 0) is 43.6 Å². The normalized spacial score (nSPS) is 9.12. The Hall–Kier alpha value is -2.11. The minimum absolute atomic E-state index is 0.177. The van der Waals surface area contributed by atoms with Crippen molar-refractivity contribution in [2.75, 3.05) is 6.54 Å². The lowest BCUT2D eigenvalue weighted by Gasteiger charge is -2.08. The van der Waals surface area contributed by atoms with Crippen molar-refractivity contribution in [1.82, 2.24) is 0 Å². The Morgan fingerprint density at radius 2 is 2.06 bits per heavy atom. The molecule has 0 saturated carbocycles. The number of azide groups is 1. The Kier molecular flexibility index (Phi) is 5.50. The first-order chi connectivity index (χ1) is 8.22. The Labute approximate surface area is 101 Å². The molecular weight excluding hydrogens is 214 g/mol. The summed E-state index contributed by atoms with van der Waals surface area (Å²) in [5, 5.41) is 3.41. The van der Waals surface area contributed by atoms with E-state index in [-0.39, 0.29) is 6.10 Å². The zero-order valence-electron chi connectivity index (χ0n) is 10.1. The highest BCUT2D eigenvalue weighted by Crippen LogP contribution is 2.13. The molecule has 0 aliphatic carbocycles. The van der Waals surface area contributed by atoms with Gasteiger partial charge in [0.1, 0.15) is 5.75 Å². The van der Waals surface area contributed by atoms with Crippen molar-refractivity contribution in [2.45, 2.75) is 26.4 Å². The van der Waals surface area contributed by atoms with Crippen LogP contribution in [0.25, 0.3) is 10.4 Å². The molecule has 0 saturated heterocycles. The fourth-order valence-corrected chi connectivity index (χ4v) is 1.20. The molecule has 17 heavy (non-hydrogen) atoms. The van der Waals surface area contributed by atoms with E-state index >= 15 is 0 Å². The molecule has 0 aliphatic rings. The molecule has 1 rings (SSSR count). The SMILES string of the molecule is CC(C)Oc1ccc(C#CCCN=[N+]=[N-])cc1. The highest BCUT2D eigenvalue weighted by molar-refractivity contribution is 5.38. The van der Waals surface area contributed by atoms with Crippen LogP contribution in [0.5, 0.6) is 5.75 Å². The lowest BCUT2D eigenvalue weighted by Crippen LogP contribution is -2.05. The van der Waals surface area contributed by atoms with Crippen molar-refractivity contribution < 1.29 is 4.74 Å². The monoisotopic (exact) mass is 229 g/mol. The molecule has 0 aliphatic heterocycles. The van der Waals surface area contributed by atoms with Crippen LogP contribution in [0.4, 0.5) is 0 Å². The van der Waals surface area contributed by atoms with Crippen LogP contribution in [0, 0.1) is 11.8 Å². The van der Waals surface area contributed by atoms with E-state index in [1.807, 2.05) is 38.1 Å². The van der Waals surface area contributed by atoms with Gasteiger partial charge in [0.2, 0.25) is 0 Å². The minimum atomic E-state index is 0.177. The van der Waals surface area contributed by atoms with Crippen molar-refractivity contribution in [3.63, 3.8) is 0 Å². The average Bonchev–Trinajstić information content (AvgIpc) is 2.30. The van der Waals surface area contributed by atoms with Crippen LogP contribution in [0.3, 0.4) is 0 Å². The third kappa shape index (κ3) is 5.50. The second-order valence-corrected chi connectivity index (χ2v) is 3.70. The van der Waals surface area contributed by atoms with Crippen LogP contribution < -0.4 is 4.74 Å². The molecule has 88 valence electrons. The third-order valence-electron chi connectivity index (χ3n) is 1.86. The first-order valence-electron chi connectivity index (χ1n) is 5.49. The summed E-state index contributed by atoms with van der Waals surface area (Å²) in [4.78, 5) is 2.66. The lowest BCUT2D eigenvalue weighted by atomic mass is 10.2. The number of hydrogen-bond acceptors (Lipinski definition) is 2. The molecule has 0 radical (unpaired) electrons. The van der Waals surface area contributed by atoms with E-state index in [1.54, 1.807) is 0 Å². The molecule has 0 aromatic heterocycles. The molecule has 1 aromatic rings. The fraction of sp³-hybridized carbons (Fsp3) is 0.385. The van der Waals surface area contributed by atoms with E-state index in [2.05, 4.69) is 21.9 Å². The van der Waals surface area contributed by atoms with E-state index in [9.17, 15) is 0 Å². The van der Waals surface area contributed by atoms with Gasteiger partial charge in [-0.15, -0.1) is 0 Å². The quantitative estimate of drug-likeness (QED) is 0.256. The molecular formula is C13H15N3O. The molecule has 4 heteroatoms. The van der Waals surface area contributed by atoms with E-state index in [0.29, 0.717) is 13.0 Å². The van der Waals surface area contributed by atoms with Crippen molar-refractivity contribution in [1.29, 1.82) is 0 Å². The molecule has 0 amide bonds. The molecule has 0 bridgehead atoms. The Morgan fingerprint density at radius 1 is 1.35 bits per heavy atom. The van der Waals surface area contributed by atoms with Crippen LogP contribution in [0.2, 0.25) is 0 Å². The predicted molar refractivity (Wildman–Crippen MR) is 67.7 cm³/mol. The van der Waals surface area contributed by atoms with Gasteiger partial charge in [0.15, 0.2) is 0 Å². The zero-order valence-corrected chi connectivity index (χ0v) is 10.1. The first kappa shape index (κ1) is 13.0. The van der Waals surface area contributed by atoms with Gasteiger partial charge in [-0.3, -0.25) is 0 Å². The molecule has 1 aromatic carbocycles. The fourth-order valence-electron chi connectivity index (χ4n) is 1.20. The summed E-state index contributed by atoms with van der Waals surface area (Å²) in [5.41, 5.74) is 9.01.